The van der Waals surface area contributed by atoms with E-state index in [2.05, 4.69) is 0 Å². The summed E-state index contributed by atoms with van der Waals surface area (Å²) in [5, 5.41) is 0.551. The Balaban J connectivity index is 1.31. The maximum atomic E-state index is 12.6. The Bertz CT molecular complexity index is 1390. The zero-order valence-electron chi connectivity index (χ0n) is 20.1. The molecule has 0 saturated carbocycles. The molecule has 1 aliphatic heterocycles. The average molecular weight is 540 g/mol. The summed E-state index contributed by atoms with van der Waals surface area (Å²) in [6.45, 7) is 3.58. The smallest absolute Gasteiger partial charge is 0.345 e. The number of hydrogen-bond acceptors (Lipinski definition) is 6. The Morgan fingerprint density at radius 2 is 1.70 bits per heavy atom. The fourth-order valence-electron chi connectivity index (χ4n) is 3.97. The van der Waals surface area contributed by atoms with Crippen molar-refractivity contribution in [2.45, 2.75) is 20.3 Å². The first-order valence-corrected chi connectivity index (χ1v) is 12.2. The number of carbonyl (C=O) groups excluding carboxylic acids is 4. The zero-order chi connectivity index (χ0) is 26.7. The van der Waals surface area contributed by atoms with Crippen molar-refractivity contribution in [2.75, 3.05) is 18.1 Å². The number of nitrogens with zero attached hydrogens (tertiary/aromatic N) is 1. The molecule has 0 bridgehead atoms. The summed E-state index contributed by atoms with van der Waals surface area (Å²) < 4.78 is 10.5. The van der Waals surface area contributed by atoms with E-state index in [0.29, 0.717) is 5.02 Å². The van der Waals surface area contributed by atoms with Crippen molar-refractivity contribution in [1.29, 1.82) is 0 Å². The summed E-state index contributed by atoms with van der Waals surface area (Å²) in [7, 11) is 0. The second-order valence-corrected chi connectivity index (χ2v) is 9.61. The molecule has 1 fully saturated rings. The highest BCUT2D eigenvalue weighted by Gasteiger charge is 2.37. The van der Waals surface area contributed by atoms with Crippen molar-refractivity contribution in [2.24, 2.45) is 5.92 Å². The molecular weight excluding hydrogens is 517 g/mol. The summed E-state index contributed by atoms with van der Waals surface area (Å²) in [4.78, 5) is 51.6. The van der Waals surface area contributed by atoms with Gasteiger partial charge in [-0.15, -0.1) is 0 Å². The minimum absolute atomic E-state index is 0.0259. The summed E-state index contributed by atoms with van der Waals surface area (Å²) in [6.07, 6.45) is 0.0259. The van der Waals surface area contributed by atoms with E-state index in [4.69, 9.17) is 32.7 Å². The summed E-state index contributed by atoms with van der Waals surface area (Å²) in [6, 6.07) is 16.1. The lowest BCUT2D eigenvalue weighted by molar-refractivity contribution is -0.147. The molecule has 190 valence electrons. The number of Topliss-reactive ketones (excluding diaryl/α,β-unsaturated/α-hetero) is 1. The van der Waals surface area contributed by atoms with Gasteiger partial charge in [-0.1, -0.05) is 35.3 Å². The Labute approximate surface area is 223 Å². The van der Waals surface area contributed by atoms with Crippen molar-refractivity contribution in [3.05, 3.63) is 93.0 Å². The van der Waals surface area contributed by atoms with Crippen LogP contribution in [-0.2, 0) is 14.3 Å². The number of halogens is 2. The van der Waals surface area contributed by atoms with Crippen LogP contribution in [-0.4, -0.2) is 36.8 Å². The van der Waals surface area contributed by atoms with Gasteiger partial charge in [0.05, 0.1) is 16.5 Å². The highest BCUT2D eigenvalue weighted by atomic mass is 35.5. The van der Waals surface area contributed by atoms with Gasteiger partial charge in [-0.25, -0.2) is 4.79 Å². The highest BCUT2D eigenvalue weighted by Crippen LogP contribution is 2.29. The van der Waals surface area contributed by atoms with Crippen LogP contribution < -0.4 is 9.64 Å². The Hall–Kier alpha value is -3.68. The van der Waals surface area contributed by atoms with Crippen molar-refractivity contribution in [1.82, 2.24) is 0 Å². The van der Waals surface area contributed by atoms with Crippen molar-refractivity contribution >= 4 is 52.5 Å². The highest BCUT2D eigenvalue weighted by molar-refractivity contribution is 6.36. The molecule has 0 aromatic heterocycles. The average Bonchev–Trinajstić information content (AvgIpc) is 3.25. The van der Waals surface area contributed by atoms with Crippen molar-refractivity contribution in [3.63, 3.8) is 0 Å². The van der Waals surface area contributed by atoms with E-state index in [1.165, 1.54) is 42.5 Å². The van der Waals surface area contributed by atoms with Crippen molar-refractivity contribution in [3.8, 4) is 5.75 Å². The molecule has 0 unspecified atom stereocenters. The second kappa shape index (κ2) is 11.2. The van der Waals surface area contributed by atoms with Gasteiger partial charge < -0.3 is 14.4 Å². The Morgan fingerprint density at radius 3 is 2.41 bits per heavy atom. The van der Waals surface area contributed by atoms with Crippen LogP contribution in [0.1, 0.15) is 38.3 Å². The Morgan fingerprint density at radius 1 is 0.973 bits per heavy atom. The third-order valence-corrected chi connectivity index (χ3v) is 6.55. The van der Waals surface area contributed by atoms with E-state index in [-0.39, 0.29) is 40.8 Å². The molecule has 1 saturated heterocycles. The second-order valence-electron chi connectivity index (χ2n) is 8.76. The van der Waals surface area contributed by atoms with E-state index in [1.807, 2.05) is 32.0 Å². The lowest BCUT2D eigenvalue weighted by Gasteiger charge is -2.19. The molecule has 1 atom stereocenters. The van der Waals surface area contributed by atoms with Gasteiger partial charge in [0.1, 0.15) is 5.75 Å². The van der Waals surface area contributed by atoms with E-state index in [9.17, 15) is 19.2 Å². The van der Waals surface area contributed by atoms with Gasteiger partial charge in [-0.2, -0.15) is 0 Å². The van der Waals surface area contributed by atoms with Gasteiger partial charge in [0.25, 0.3) is 0 Å². The van der Waals surface area contributed by atoms with E-state index in [0.717, 1.165) is 16.8 Å². The van der Waals surface area contributed by atoms with Crippen LogP contribution in [0.5, 0.6) is 5.75 Å². The first-order valence-electron chi connectivity index (χ1n) is 11.5. The number of benzene rings is 3. The lowest BCUT2D eigenvalue weighted by Crippen LogP contribution is -2.27. The largest absolute Gasteiger partial charge is 0.457 e. The monoisotopic (exact) mass is 539 g/mol. The van der Waals surface area contributed by atoms with Crippen LogP contribution in [0.3, 0.4) is 0 Å². The van der Waals surface area contributed by atoms with Crippen LogP contribution in [0.4, 0.5) is 5.69 Å². The molecule has 1 amide bonds. The maximum Gasteiger partial charge on any atom is 0.345 e. The van der Waals surface area contributed by atoms with Crippen molar-refractivity contribution < 1.29 is 28.7 Å². The topological polar surface area (TPSA) is 90.0 Å². The number of carbonyl (C=O) groups is 4. The maximum absolute atomic E-state index is 12.6. The molecule has 1 heterocycles. The minimum Gasteiger partial charge on any atom is -0.457 e. The summed E-state index contributed by atoms with van der Waals surface area (Å²) >= 11 is 11.9. The molecule has 0 aliphatic carbocycles. The van der Waals surface area contributed by atoms with Crippen LogP contribution in [0.25, 0.3) is 0 Å². The molecule has 37 heavy (non-hydrogen) atoms. The van der Waals surface area contributed by atoms with Gasteiger partial charge >= 0.3 is 11.9 Å². The standard InChI is InChI=1S/C28H23Cl2NO6/c1-16-3-4-17(2)24(11-16)31-14-19(12-26(31)33)27(34)36-15-25(32)18-5-8-21(9-6-18)37-28(35)22-10-7-20(29)13-23(22)30/h3-11,13,19H,12,14-15H2,1-2H3/t19-/m0/s1. The number of rotatable bonds is 7. The lowest BCUT2D eigenvalue weighted by atomic mass is 10.1. The van der Waals surface area contributed by atoms with Crippen LogP contribution in [0, 0.1) is 19.8 Å². The van der Waals surface area contributed by atoms with E-state index in [1.54, 1.807) is 4.90 Å². The number of ether oxygens (including phenoxy) is 2. The number of esters is 2. The number of ketones is 1. The van der Waals surface area contributed by atoms with Gasteiger partial charge in [-0.05, 0) is 73.5 Å². The Kier molecular flexibility index (Phi) is 7.95. The first-order chi connectivity index (χ1) is 17.6. The molecule has 3 aromatic carbocycles. The fourth-order valence-corrected chi connectivity index (χ4v) is 4.46. The normalized spacial score (nSPS) is 15.0. The number of hydrogen-bond donors (Lipinski definition) is 0. The van der Waals surface area contributed by atoms with Crippen LogP contribution in [0.2, 0.25) is 10.0 Å². The molecule has 0 N–H and O–H groups in total. The molecule has 0 radical (unpaired) electrons. The van der Waals surface area contributed by atoms with Gasteiger partial charge in [0, 0.05) is 29.2 Å². The minimum atomic E-state index is -0.671. The summed E-state index contributed by atoms with van der Waals surface area (Å²) in [5.41, 5.74) is 3.15. The SMILES string of the molecule is Cc1ccc(C)c(N2C[C@@H](C(=O)OCC(=O)c3ccc(OC(=O)c4ccc(Cl)cc4Cl)cc3)CC2=O)c1. The molecule has 3 aromatic rings. The summed E-state index contributed by atoms with van der Waals surface area (Å²) in [5.74, 6) is -2.30. The molecular formula is C28H23Cl2NO6. The molecule has 4 rings (SSSR count). The molecule has 1 aliphatic rings. The zero-order valence-corrected chi connectivity index (χ0v) is 21.6. The quantitative estimate of drug-likeness (QED) is 0.220. The third kappa shape index (κ3) is 6.18. The third-order valence-electron chi connectivity index (χ3n) is 6.00. The van der Waals surface area contributed by atoms with E-state index < -0.39 is 30.2 Å². The first kappa shape index (κ1) is 26.4. The van der Waals surface area contributed by atoms with E-state index >= 15 is 0 Å². The number of anilines is 1. The van der Waals surface area contributed by atoms with Crippen LogP contribution >= 0.6 is 23.2 Å². The fraction of sp³-hybridized carbons (Fsp3) is 0.214. The van der Waals surface area contributed by atoms with Gasteiger partial charge in [-0.3, -0.25) is 14.4 Å². The van der Waals surface area contributed by atoms with Crippen LogP contribution in [0.15, 0.2) is 60.7 Å². The number of amides is 1. The molecule has 9 heteroatoms. The number of aryl methyl sites for hydroxylation is 2. The predicted octanol–water partition coefficient (Wildman–Crippen LogP) is 5.61. The molecule has 0 spiro atoms. The van der Waals surface area contributed by atoms with Gasteiger partial charge in [0.15, 0.2) is 12.4 Å². The van der Waals surface area contributed by atoms with Gasteiger partial charge in [0.2, 0.25) is 5.91 Å². The molecule has 7 nitrogen and oxygen atoms in total. The predicted molar refractivity (Wildman–Crippen MR) is 140 cm³/mol.